The molecule has 37 heavy (non-hydrogen) atoms. The second kappa shape index (κ2) is 11.4. The summed E-state index contributed by atoms with van der Waals surface area (Å²) in [7, 11) is 1.81. The normalized spacial score (nSPS) is 13.1. The molecule has 0 radical (unpaired) electrons. The molecular formula is C34H55NO2. The largest absolute Gasteiger partial charge is 0.496 e. The summed E-state index contributed by atoms with van der Waals surface area (Å²) in [4.78, 5) is 0. The van der Waals surface area contributed by atoms with Crippen molar-refractivity contribution < 1.29 is 9.47 Å². The molecule has 208 valence electrons. The Balaban J connectivity index is 2.90. The van der Waals surface area contributed by atoms with Gasteiger partial charge in [-0.3, -0.25) is 0 Å². The topological polar surface area (TPSA) is 44.5 Å². The van der Waals surface area contributed by atoms with Crippen LogP contribution in [0.1, 0.15) is 123 Å². The van der Waals surface area contributed by atoms with Crippen molar-refractivity contribution in [2.45, 2.75) is 119 Å². The van der Waals surface area contributed by atoms with Crippen LogP contribution in [-0.4, -0.2) is 20.3 Å². The van der Waals surface area contributed by atoms with Gasteiger partial charge in [-0.2, -0.15) is 0 Å². The lowest BCUT2D eigenvalue weighted by atomic mass is 9.75. The average Bonchev–Trinajstić information content (AvgIpc) is 2.75. The molecule has 0 heterocycles. The molecule has 0 aromatic heterocycles. The minimum absolute atomic E-state index is 0.00485. The molecule has 3 nitrogen and oxygen atoms in total. The molecule has 2 aromatic carbocycles. The number of hydrogen-bond donors (Lipinski definition) is 1. The molecule has 0 aliphatic carbocycles. The van der Waals surface area contributed by atoms with Crippen LogP contribution in [0.5, 0.6) is 11.5 Å². The fourth-order valence-electron chi connectivity index (χ4n) is 4.76. The summed E-state index contributed by atoms with van der Waals surface area (Å²) in [5.41, 5.74) is 13.8. The van der Waals surface area contributed by atoms with Crippen LogP contribution in [0.3, 0.4) is 0 Å². The molecule has 0 spiro atoms. The Hall–Kier alpha value is -2.00. The highest BCUT2D eigenvalue weighted by Gasteiger charge is 2.29. The molecule has 2 aromatic rings. The van der Waals surface area contributed by atoms with E-state index < -0.39 is 0 Å². The van der Waals surface area contributed by atoms with Crippen molar-refractivity contribution >= 4 is 0 Å². The van der Waals surface area contributed by atoms with Crippen molar-refractivity contribution in [2.75, 3.05) is 20.3 Å². The van der Waals surface area contributed by atoms with Gasteiger partial charge in [0, 0.05) is 18.5 Å². The molecule has 0 unspecified atom stereocenters. The first-order chi connectivity index (χ1) is 16.8. The van der Waals surface area contributed by atoms with E-state index in [1.807, 2.05) is 7.11 Å². The van der Waals surface area contributed by atoms with Crippen LogP contribution in [0.4, 0.5) is 0 Å². The van der Waals surface area contributed by atoms with Gasteiger partial charge in [-0.05, 0) is 62.3 Å². The summed E-state index contributed by atoms with van der Waals surface area (Å²) in [6, 6.07) is 9.43. The predicted octanol–water partition coefficient (Wildman–Crippen LogP) is 8.49. The zero-order valence-corrected chi connectivity index (χ0v) is 26.2. The Morgan fingerprint density at radius 1 is 0.703 bits per heavy atom. The first kappa shape index (κ1) is 31.2. The molecule has 0 aliphatic heterocycles. The summed E-state index contributed by atoms with van der Waals surface area (Å²) in [6.07, 6.45) is 2.73. The Labute approximate surface area is 228 Å². The van der Waals surface area contributed by atoms with Crippen molar-refractivity contribution in [3.05, 3.63) is 57.6 Å². The molecule has 0 saturated heterocycles. The molecule has 0 bridgehead atoms. The van der Waals surface area contributed by atoms with Crippen LogP contribution in [0.15, 0.2) is 24.3 Å². The Kier molecular flexibility index (Phi) is 9.62. The van der Waals surface area contributed by atoms with Gasteiger partial charge in [0.25, 0.3) is 0 Å². The van der Waals surface area contributed by atoms with E-state index in [1.54, 1.807) is 0 Å². The van der Waals surface area contributed by atoms with Crippen LogP contribution in [0, 0.1) is 5.41 Å². The van der Waals surface area contributed by atoms with Gasteiger partial charge < -0.3 is 15.2 Å². The summed E-state index contributed by atoms with van der Waals surface area (Å²) in [5, 5.41) is 0. The van der Waals surface area contributed by atoms with Crippen molar-refractivity contribution in [3.8, 4) is 11.5 Å². The molecule has 3 heteroatoms. The van der Waals surface area contributed by atoms with E-state index in [4.69, 9.17) is 15.2 Å². The van der Waals surface area contributed by atoms with E-state index in [0.717, 1.165) is 30.8 Å². The number of nitrogens with two attached hydrogens (primary N) is 1. The fraction of sp³-hybridized carbons (Fsp3) is 0.647. The van der Waals surface area contributed by atoms with Crippen LogP contribution in [0.2, 0.25) is 0 Å². The number of rotatable bonds is 9. The van der Waals surface area contributed by atoms with Gasteiger partial charge in [0.15, 0.2) is 0 Å². The summed E-state index contributed by atoms with van der Waals surface area (Å²) < 4.78 is 12.6. The minimum Gasteiger partial charge on any atom is -0.496 e. The van der Waals surface area contributed by atoms with Crippen LogP contribution in [0.25, 0.3) is 0 Å². The molecule has 0 saturated carbocycles. The van der Waals surface area contributed by atoms with Crippen molar-refractivity contribution in [1.82, 2.24) is 0 Å². The molecule has 0 fully saturated rings. The first-order valence-corrected chi connectivity index (χ1v) is 14.0. The molecular weight excluding hydrogens is 454 g/mol. The summed E-state index contributed by atoms with van der Waals surface area (Å²) in [5.74, 6) is 2.00. The van der Waals surface area contributed by atoms with E-state index in [-0.39, 0.29) is 21.7 Å². The third kappa shape index (κ3) is 7.99. The summed E-state index contributed by atoms with van der Waals surface area (Å²) >= 11 is 0. The standard InChI is InChI=1S/C34H55NO2/c1-14-34(11,12)28-21-27(33(8,9)10)19-24(30(28)36-13)17-23-18-26(32(5,6)7)20-25(22-31(2,3)4)29(23)37-16-15-35/h18-21H,14-17,22,35H2,1-13H3. The Morgan fingerprint density at radius 2 is 1.19 bits per heavy atom. The van der Waals surface area contributed by atoms with Gasteiger partial charge in [-0.25, -0.2) is 0 Å². The first-order valence-electron chi connectivity index (χ1n) is 14.0. The minimum atomic E-state index is 0.00485. The second-order valence-corrected chi connectivity index (χ2v) is 14.6. The molecule has 0 amide bonds. The van der Waals surface area contributed by atoms with E-state index in [9.17, 15) is 0 Å². The second-order valence-electron chi connectivity index (χ2n) is 14.6. The summed E-state index contributed by atoms with van der Waals surface area (Å²) in [6.45, 7) is 28.5. The van der Waals surface area contributed by atoms with Gasteiger partial charge >= 0.3 is 0 Å². The third-order valence-corrected chi connectivity index (χ3v) is 7.42. The lowest BCUT2D eigenvalue weighted by Gasteiger charge is -2.31. The maximum absolute atomic E-state index is 6.43. The molecule has 2 rings (SSSR count). The SMILES string of the molecule is CCC(C)(C)c1cc(C(C)(C)C)cc(Cc2cc(C(C)(C)C)cc(CC(C)(C)C)c2OCCN)c1OC. The average molecular weight is 510 g/mol. The van der Waals surface area contributed by atoms with Crippen LogP contribution < -0.4 is 15.2 Å². The zero-order valence-electron chi connectivity index (χ0n) is 26.2. The number of methoxy groups -OCH3 is 1. The maximum atomic E-state index is 6.43. The van der Waals surface area contributed by atoms with Crippen molar-refractivity contribution in [1.29, 1.82) is 0 Å². The lowest BCUT2D eigenvalue weighted by molar-refractivity contribution is 0.314. The van der Waals surface area contributed by atoms with E-state index in [2.05, 4.69) is 107 Å². The number of hydrogen-bond acceptors (Lipinski definition) is 3. The van der Waals surface area contributed by atoms with Gasteiger partial charge in [-0.1, -0.05) is 107 Å². The van der Waals surface area contributed by atoms with E-state index in [1.165, 1.54) is 33.4 Å². The quantitative estimate of drug-likeness (QED) is 0.368. The highest BCUT2D eigenvalue weighted by atomic mass is 16.5. The highest BCUT2D eigenvalue weighted by molar-refractivity contribution is 5.55. The molecule has 2 N–H and O–H groups in total. The maximum Gasteiger partial charge on any atom is 0.126 e. The van der Waals surface area contributed by atoms with Gasteiger partial charge in [0.2, 0.25) is 0 Å². The smallest absolute Gasteiger partial charge is 0.126 e. The number of ether oxygens (including phenoxy) is 2. The van der Waals surface area contributed by atoms with Crippen molar-refractivity contribution in [2.24, 2.45) is 11.1 Å². The molecule has 0 aliphatic rings. The Morgan fingerprint density at radius 3 is 1.62 bits per heavy atom. The fourth-order valence-corrected chi connectivity index (χ4v) is 4.76. The predicted molar refractivity (Wildman–Crippen MR) is 161 cm³/mol. The number of benzene rings is 2. The van der Waals surface area contributed by atoms with Crippen LogP contribution >= 0.6 is 0 Å². The van der Waals surface area contributed by atoms with E-state index in [0.29, 0.717) is 13.2 Å². The van der Waals surface area contributed by atoms with Gasteiger partial charge in [-0.15, -0.1) is 0 Å². The monoisotopic (exact) mass is 509 g/mol. The van der Waals surface area contributed by atoms with Crippen molar-refractivity contribution in [3.63, 3.8) is 0 Å². The van der Waals surface area contributed by atoms with Gasteiger partial charge in [0.05, 0.1) is 7.11 Å². The zero-order chi connectivity index (χ0) is 28.4. The molecule has 0 atom stereocenters. The lowest BCUT2D eigenvalue weighted by Crippen LogP contribution is -2.21. The highest BCUT2D eigenvalue weighted by Crippen LogP contribution is 2.43. The van der Waals surface area contributed by atoms with Crippen LogP contribution in [-0.2, 0) is 29.1 Å². The Bertz CT molecular complexity index is 1060. The third-order valence-electron chi connectivity index (χ3n) is 7.42. The van der Waals surface area contributed by atoms with Gasteiger partial charge in [0.1, 0.15) is 18.1 Å². The van der Waals surface area contributed by atoms with E-state index >= 15 is 0 Å².